The molecule has 2 rings (SSSR count). The van der Waals surface area contributed by atoms with Gasteiger partial charge in [0.25, 0.3) is 5.69 Å². The Kier molecular flexibility index (Phi) is 5.03. The van der Waals surface area contributed by atoms with Gasteiger partial charge in [0.05, 0.1) is 11.0 Å². The second-order valence-electron chi connectivity index (χ2n) is 4.77. The van der Waals surface area contributed by atoms with Gasteiger partial charge in [0.1, 0.15) is 11.6 Å². The van der Waals surface area contributed by atoms with E-state index in [0.717, 1.165) is 0 Å². The molecule has 3 N–H and O–H groups in total. The van der Waals surface area contributed by atoms with E-state index in [9.17, 15) is 24.7 Å². The van der Waals surface area contributed by atoms with Crippen molar-refractivity contribution in [2.75, 3.05) is 6.54 Å². The first-order chi connectivity index (χ1) is 10.5. The summed E-state index contributed by atoms with van der Waals surface area (Å²) in [6.45, 7) is 0.255. The van der Waals surface area contributed by atoms with Crippen molar-refractivity contribution in [2.45, 2.75) is 12.6 Å². The zero-order valence-corrected chi connectivity index (χ0v) is 11.6. The molecule has 0 radical (unpaired) electrons. The number of non-ortho nitro benzene ring substituents is 1. The second-order valence-corrected chi connectivity index (χ2v) is 4.77. The molecule has 6 nitrogen and oxygen atoms in total. The lowest BCUT2D eigenvalue weighted by molar-refractivity contribution is -0.384. The molecule has 0 aliphatic rings. The number of benzene rings is 2. The Morgan fingerprint density at radius 3 is 2.73 bits per heavy atom. The number of hydrogen-bond acceptors (Lipinski definition) is 5. The molecule has 0 unspecified atom stereocenters. The zero-order valence-electron chi connectivity index (χ0n) is 11.6. The molecule has 0 saturated heterocycles. The number of aromatic hydroxyl groups is 1. The fourth-order valence-electron chi connectivity index (χ4n) is 2.00. The highest BCUT2D eigenvalue weighted by Gasteiger charge is 2.12. The number of phenols is 1. The molecule has 0 amide bonds. The van der Waals surface area contributed by atoms with Crippen LogP contribution in [-0.4, -0.2) is 21.7 Å². The molecule has 0 saturated carbocycles. The fraction of sp³-hybridized carbons (Fsp3) is 0.200. The van der Waals surface area contributed by atoms with E-state index in [1.807, 2.05) is 0 Å². The third-order valence-electron chi connectivity index (χ3n) is 3.16. The van der Waals surface area contributed by atoms with Crippen molar-refractivity contribution in [3.8, 4) is 5.75 Å². The maximum atomic E-state index is 13.1. The van der Waals surface area contributed by atoms with Crippen LogP contribution < -0.4 is 5.32 Å². The monoisotopic (exact) mass is 306 g/mol. The van der Waals surface area contributed by atoms with Gasteiger partial charge in [-0.1, -0.05) is 12.1 Å². The molecule has 0 bridgehead atoms. The van der Waals surface area contributed by atoms with E-state index < -0.39 is 16.8 Å². The Labute approximate surface area is 126 Å². The third kappa shape index (κ3) is 4.00. The van der Waals surface area contributed by atoms with Gasteiger partial charge in [0.2, 0.25) is 0 Å². The van der Waals surface area contributed by atoms with Crippen LogP contribution in [0.15, 0.2) is 42.5 Å². The summed E-state index contributed by atoms with van der Waals surface area (Å²) < 4.78 is 13.1. The number of phenolic OH excluding ortho intramolecular Hbond substituents is 1. The van der Waals surface area contributed by atoms with Gasteiger partial charge in [-0.05, 0) is 23.8 Å². The standard InChI is InChI=1S/C15H15FN2O4/c16-12-3-1-2-10(6-12)15(20)9-17-8-11-7-13(18(21)22)4-5-14(11)19/h1-7,15,17,19-20H,8-9H2/t15-/m0/s1. The number of nitro groups is 1. The van der Waals surface area contributed by atoms with Crippen molar-refractivity contribution in [1.29, 1.82) is 0 Å². The van der Waals surface area contributed by atoms with E-state index in [1.165, 1.54) is 36.4 Å². The predicted molar refractivity (Wildman–Crippen MR) is 77.8 cm³/mol. The van der Waals surface area contributed by atoms with Gasteiger partial charge in [-0.15, -0.1) is 0 Å². The van der Waals surface area contributed by atoms with Crippen LogP contribution in [0.3, 0.4) is 0 Å². The first-order valence-corrected chi connectivity index (χ1v) is 6.58. The molecule has 2 aromatic rings. The number of nitrogens with one attached hydrogen (secondary N) is 1. The SMILES string of the molecule is O=[N+]([O-])c1ccc(O)c(CNC[C@H](O)c2cccc(F)c2)c1. The highest BCUT2D eigenvalue weighted by atomic mass is 19.1. The number of hydrogen-bond donors (Lipinski definition) is 3. The Bertz CT molecular complexity index is 678. The van der Waals surface area contributed by atoms with Gasteiger partial charge in [0.15, 0.2) is 0 Å². The summed E-state index contributed by atoms with van der Waals surface area (Å²) in [5.41, 5.74) is 0.650. The second kappa shape index (κ2) is 6.97. The zero-order chi connectivity index (χ0) is 16.1. The summed E-state index contributed by atoms with van der Waals surface area (Å²) in [5, 5.41) is 33.2. The number of nitro benzene ring substituents is 1. The molecule has 0 heterocycles. The Balaban J connectivity index is 1.96. The minimum absolute atomic E-state index is 0.0710. The minimum Gasteiger partial charge on any atom is -0.508 e. The van der Waals surface area contributed by atoms with Gasteiger partial charge in [-0.3, -0.25) is 10.1 Å². The van der Waals surface area contributed by atoms with Crippen LogP contribution in [0.25, 0.3) is 0 Å². The molecule has 116 valence electrons. The van der Waals surface area contributed by atoms with E-state index in [4.69, 9.17) is 0 Å². The van der Waals surface area contributed by atoms with E-state index in [0.29, 0.717) is 11.1 Å². The van der Waals surface area contributed by atoms with Crippen LogP contribution in [-0.2, 0) is 6.54 Å². The van der Waals surface area contributed by atoms with Crippen LogP contribution in [0.5, 0.6) is 5.75 Å². The van der Waals surface area contributed by atoms with Gasteiger partial charge in [0, 0.05) is 30.8 Å². The molecular weight excluding hydrogens is 291 g/mol. The van der Waals surface area contributed by atoms with Crippen LogP contribution >= 0.6 is 0 Å². The molecule has 0 aliphatic carbocycles. The summed E-state index contributed by atoms with van der Waals surface area (Å²) in [5.74, 6) is -0.508. The van der Waals surface area contributed by atoms with Gasteiger partial charge >= 0.3 is 0 Å². The van der Waals surface area contributed by atoms with Gasteiger partial charge in [-0.2, -0.15) is 0 Å². The lowest BCUT2D eigenvalue weighted by Gasteiger charge is -2.13. The molecule has 2 aromatic carbocycles. The van der Waals surface area contributed by atoms with Crippen molar-refractivity contribution < 1.29 is 19.5 Å². The average molecular weight is 306 g/mol. The van der Waals surface area contributed by atoms with E-state index in [2.05, 4.69) is 5.32 Å². The Morgan fingerprint density at radius 2 is 2.05 bits per heavy atom. The molecule has 0 aromatic heterocycles. The molecule has 1 atom stereocenters. The highest BCUT2D eigenvalue weighted by Crippen LogP contribution is 2.23. The molecule has 0 spiro atoms. The normalized spacial score (nSPS) is 12.1. The van der Waals surface area contributed by atoms with Crippen molar-refractivity contribution in [2.24, 2.45) is 0 Å². The topological polar surface area (TPSA) is 95.6 Å². The summed E-state index contributed by atoms with van der Waals surface area (Å²) in [7, 11) is 0. The van der Waals surface area contributed by atoms with Crippen molar-refractivity contribution in [1.82, 2.24) is 5.32 Å². The lowest BCUT2D eigenvalue weighted by atomic mass is 10.1. The van der Waals surface area contributed by atoms with Gasteiger partial charge < -0.3 is 15.5 Å². The molecule has 22 heavy (non-hydrogen) atoms. The summed E-state index contributed by atoms with van der Waals surface area (Å²) >= 11 is 0. The molecule has 0 aliphatic heterocycles. The number of rotatable bonds is 6. The summed E-state index contributed by atoms with van der Waals surface area (Å²) in [4.78, 5) is 10.1. The first-order valence-electron chi connectivity index (χ1n) is 6.58. The van der Waals surface area contributed by atoms with E-state index in [-0.39, 0.29) is 24.5 Å². The van der Waals surface area contributed by atoms with Crippen molar-refractivity contribution in [3.63, 3.8) is 0 Å². The smallest absolute Gasteiger partial charge is 0.270 e. The number of halogens is 1. The van der Waals surface area contributed by atoms with Crippen LogP contribution in [0.4, 0.5) is 10.1 Å². The van der Waals surface area contributed by atoms with Crippen molar-refractivity contribution in [3.05, 3.63) is 69.5 Å². The van der Waals surface area contributed by atoms with E-state index >= 15 is 0 Å². The minimum atomic E-state index is -0.920. The van der Waals surface area contributed by atoms with Crippen molar-refractivity contribution >= 4 is 5.69 Å². The molecule has 0 fully saturated rings. The van der Waals surface area contributed by atoms with E-state index in [1.54, 1.807) is 6.07 Å². The van der Waals surface area contributed by atoms with Crippen LogP contribution in [0, 0.1) is 15.9 Å². The largest absolute Gasteiger partial charge is 0.508 e. The number of nitrogens with zero attached hydrogens (tertiary/aromatic N) is 1. The average Bonchev–Trinajstić information content (AvgIpc) is 2.48. The molecular formula is C15H15FN2O4. The quantitative estimate of drug-likeness (QED) is 0.562. The summed E-state index contributed by atoms with van der Waals surface area (Å²) in [6, 6.07) is 9.33. The number of aliphatic hydroxyl groups is 1. The maximum Gasteiger partial charge on any atom is 0.270 e. The lowest BCUT2D eigenvalue weighted by Crippen LogP contribution is -2.21. The van der Waals surface area contributed by atoms with Crippen LogP contribution in [0.1, 0.15) is 17.2 Å². The maximum absolute atomic E-state index is 13.1. The molecule has 7 heteroatoms. The van der Waals surface area contributed by atoms with Gasteiger partial charge in [-0.25, -0.2) is 4.39 Å². The number of aliphatic hydroxyl groups excluding tert-OH is 1. The third-order valence-corrected chi connectivity index (χ3v) is 3.16. The highest BCUT2D eigenvalue weighted by molar-refractivity contribution is 5.42. The Hall–Kier alpha value is -2.51. The summed E-state index contributed by atoms with van der Waals surface area (Å²) in [6.07, 6.45) is -0.920. The van der Waals surface area contributed by atoms with Crippen LogP contribution in [0.2, 0.25) is 0 Å². The first kappa shape index (κ1) is 15.9. The fourth-order valence-corrected chi connectivity index (χ4v) is 2.00. The predicted octanol–water partition coefficient (Wildman–Crippen LogP) is 2.26. The Morgan fingerprint density at radius 1 is 1.27 bits per heavy atom.